The van der Waals surface area contributed by atoms with Crippen molar-refractivity contribution in [3.05, 3.63) is 72.9 Å². The number of carbonyl (C=O) groups excluding carboxylic acids is 1. The van der Waals surface area contributed by atoms with E-state index in [1.807, 2.05) is 0 Å². The van der Waals surface area contributed by atoms with E-state index in [-0.39, 0.29) is 12.5 Å². The molecule has 9 heteroatoms. The summed E-state index contributed by atoms with van der Waals surface area (Å²) in [6.07, 6.45) is 68.2. The second-order valence-electron chi connectivity index (χ2n) is 21.5. The lowest BCUT2D eigenvalue weighted by Crippen LogP contribution is -2.60. The molecule has 9 nitrogen and oxygen atoms in total. The van der Waals surface area contributed by atoms with E-state index in [2.05, 4.69) is 92.1 Å². The predicted octanol–water partition coefficient (Wildman–Crippen LogP) is 16.0. The number of allylic oxidation sites excluding steroid dienone is 12. The van der Waals surface area contributed by atoms with Crippen LogP contribution in [0.2, 0.25) is 0 Å². The van der Waals surface area contributed by atoms with Gasteiger partial charge in [0.15, 0.2) is 6.29 Å². The lowest BCUT2D eigenvalue weighted by atomic mass is 9.99. The first kappa shape index (κ1) is 69.6. The second kappa shape index (κ2) is 54.0. The fraction of sp³-hybridized carbons (Fsp3) is 0.800. The van der Waals surface area contributed by atoms with E-state index in [4.69, 9.17) is 9.47 Å². The molecule has 1 saturated heterocycles. The third-order valence-corrected chi connectivity index (χ3v) is 14.6. The molecule has 1 aliphatic rings. The van der Waals surface area contributed by atoms with Crippen LogP contribution in [-0.4, -0.2) is 87.5 Å². The molecule has 1 fully saturated rings. The first-order chi connectivity index (χ1) is 36.3. The minimum absolute atomic E-state index is 0.137. The van der Waals surface area contributed by atoms with Crippen LogP contribution in [0.3, 0.4) is 0 Å². The lowest BCUT2D eigenvalue weighted by Gasteiger charge is -2.40. The van der Waals surface area contributed by atoms with Crippen molar-refractivity contribution in [2.75, 3.05) is 13.2 Å². The first-order valence-electron chi connectivity index (χ1n) is 31.1. The summed E-state index contributed by atoms with van der Waals surface area (Å²) in [5, 5.41) is 54.6. The predicted molar refractivity (Wildman–Crippen MR) is 313 cm³/mol. The number of carbonyl (C=O) groups is 1. The highest BCUT2D eigenvalue weighted by molar-refractivity contribution is 5.76. The summed E-state index contributed by atoms with van der Waals surface area (Å²) in [5.74, 6) is -0.143. The average Bonchev–Trinajstić information content (AvgIpc) is 3.40. The summed E-state index contributed by atoms with van der Waals surface area (Å²) in [4.78, 5) is 13.1. The van der Waals surface area contributed by atoms with Gasteiger partial charge in [0, 0.05) is 6.42 Å². The summed E-state index contributed by atoms with van der Waals surface area (Å²) < 4.78 is 11.3. The van der Waals surface area contributed by atoms with Gasteiger partial charge in [0.25, 0.3) is 0 Å². The molecule has 0 spiro atoms. The molecule has 74 heavy (non-hydrogen) atoms. The largest absolute Gasteiger partial charge is 0.394 e. The van der Waals surface area contributed by atoms with Gasteiger partial charge in [-0.25, -0.2) is 0 Å². The maximum atomic E-state index is 13.1. The molecule has 1 heterocycles. The summed E-state index contributed by atoms with van der Waals surface area (Å²) in [6.45, 7) is 3.73. The zero-order valence-electron chi connectivity index (χ0n) is 47.8. The molecule has 0 aromatic rings. The van der Waals surface area contributed by atoms with Crippen LogP contribution in [0.25, 0.3) is 0 Å². The molecule has 7 atom stereocenters. The zero-order chi connectivity index (χ0) is 53.6. The van der Waals surface area contributed by atoms with Crippen LogP contribution in [0.4, 0.5) is 0 Å². The Morgan fingerprint density at radius 2 is 0.838 bits per heavy atom. The second-order valence-corrected chi connectivity index (χ2v) is 21.5. The molecule has 430 valence electrons. The van der Waals surface area contributed by atoms with E-state index in [0.29, 0.717) is 12.8 Å². The van der Waals surface area contributed by atoms with Gasteiger partial charge in [0.05, 0.1) is 25.4 Å². The third kappa shape index (κ3) is 42.7. The molecule has 0 bridgehead atoms. The standard InChI is InChI=1S/C65H117NO8/c1-3-5-7-9-11-13-15-17-18-19-20-21-22-23-24-25-26-27-28-29-30-31-32-33-34-35-36-37-38-39-40-41-42-43-45-47-49-51-53-55-61(69)66-58(57-73-65-64(72)63(71)62(70)60(56-67)74-65)59(68)54-52-50-48-46-44-16-14-12-10-8-6-4-2/h5,7,11,13,17-18,20-21,23-24,26-27,58-60,62-65,67-68,70-72H,3-4,6,8-10,12,14-16,19,22,25,28-57H2,1-2H3,(H,66,69)/b7-5-,13-11-,18-17-,21-20-,24-23-,27-26-. The van der Waals surface area contributed by atoms with Crippen molar-refractivity contribution in [3.8, 4) is 0 Å². The van der Waals surface area contributed by atoms with Crippen LogP contribution < -0.4 is 5.32 Å². The van der Waals surface area contributed by atoms with E-state index in [0.717, 1.165) is 77.0 Å². The molecule has 6 N–H and O–H groups in total. The highest BCUT2D eigenvalue weighted by atomic mass is 16.7. The Hall–Kier alpha value is -2.37. The summed E-state index contributed by atoms with van der Waals surface area (Å²) in [5.41, 5.74) is 0. The maximum Gasteiger partial charge on any atom is 0.220 e. The van der Waals surface area contributed by atoms with Gasteiger partial charge in [-0.1, -0.05) is 279 Å². The lowest BCUT2D eigenvalue weighted by molar-refractivity contribution is -0.302. The monoisotopic (exact) mass is 1040 g/mol. The number of aliphatic hydroxyl groups excluding tert-OH is 5. The highest BCUT2D eigenvalue weighted by Gasteiger charge is 2.44. The minimum Gasteiger partial charge on any atom is -0.394 e. The summed E-state index contributed by atoms with van der Waals surface area (Å²) in [6, 6.07) is -0.718. The molecule has 0 aliphatic carbocycles. The van der Waals surface area contributed by atoms with Crippen molar-refractivity contribution >= 4 is 5.91 Å². The van der Waals surface area contributed by atoms with Crippen LogP contribution in [0.15, 0.2) is 72.9 Å². The topological polar surface area (TPSA) is 149 Å². The number of unbranched alkanes of at least 4 members (excludes halogenated alkanes) is 31. The molecule has 0 aromatic heterocycles. The fourth-order valence-electron chi connectivity index (χ4n) is 9.70. The summed E-state index contributed by atoms with van der Waals surface area (Å²) in [7, 11) is 0. The average molecular weight is 1040 g/mol. The van der Waals surface area contributed by atoms with Crippen LogP contribution in [0.5, 0.6) is 0 Å². The number of hydrogen-bond acceptors (Lipinski definition) is 8. The number of aliphatic hydroxyl groups is 5. The molecule has 7 unspecified atom stereocenters. The van der Waals surface area contributed by atoms with Gasteiger partial charge in [-0.15, -0.1) is 0 Å². The van der Waals surface area contributed by atoms with E-state index in [9.17, 15) is 30.3 Å². The Morgan fingerprint density at radius 3 is 1.24 bits per heavy atom. The molecule has 1 rings (SSSR count). The fourth-order valence-corrected chi connectivity index (χ4v) is 9.70. The number of nitrogens with one attached hydrogen (secondary N) is 1. The quantitative estimate of drug-likeness (QED) is 0.0261. The van der Waals surface area contributed by atoms with Gasteiger partial charge >= 0.3 is 0 Å². The van der Waals surface area contributed by atoms with Crippen molar-refractivity contribution in [1.82, 2.24) is 5.32 Å². The Balaban J connectivity index is 2.04. The Labute approximate surface area is 455 Å². The van der Waals surface area contributed by atoms with E-state index in [1.165, 1.54) is 173 Å². The smallest absolute Gasteiger partial charge is 0.220 e. The van der Waals surface area contributed by atoms with Crippen molar-refractivity contribution in [2.45, 2.75) is 320 Å². The van der Waals surface area contributed by atoms with Crippen LogP contribution >= 0.6 is 0 Å². The van der Waals surface area contributed by atoms with Gasteiger partial charge in [0.2, 0.25) is 5.91 Å². The van der Waals surface area contributed by atoms with Crippen molar-refractivity contribution in [3.63, 3.8) is 0 Å². The van der Waals surface area contributed by atoms with Gasteiger partial charge < -0.3 is 40.3 Å². The Kier molecular flexibility index (Phi) is 50.8. The van der Waals surface area contributed by atoms with Gasteiger partial charge in [-0.2, -0.15) is 0 Å². The van der Waals surface area contributed by atoms with E-state index in [1.54, 1.807) is 0 Å². The molecule has 0 aromatic carbocycles. The first-order valence-corrected chi connectivity index (χ1v) is 31.1. The van der Waals surface area contributed by atoms with Crippen molar-refractivity contribution < 1.29 is 39.8 Å². The van der Waals surface area contributed by atoms with Gasteiger partial charge in [0.1, 0.15) is 24.4 Å². The molecule has 1 amide bonds. The molecule has 0 radical (unpaired) electrons. The highest BCUT2D eigenvalue weighted by Crippen LogP contribution is 2.23. The molecular formula is C65H117NO8. The third-order valence-electron chi connectivity index (χ3n) is 14.6. The maximum absolute atomic E-state index is 13.1. The minimum atomic E-state index is -1.55. The van der Waals surface area contributed by atoms with Crippen LogP contribution in [0.1, 0.15) is 277 Å². The van der Waals surface area contributed by atoms with Crippen molar-refractivity contribution in [2.24, 2.45) is 0 Å². The van der Waals surface area contributed by atoms with Crippen LogP contribution in [0, 0.1) is 0 Å². The van der Waals surface area contributed by atoms with Crippen LogP contribution in [-0.2, 0) is 14.3 Å². The molecule has 0 saturated carbocycles. The molecule has 1 aliphatic heterocycles. The number of rotatable bonds is 53. The van der Waals surface area contributed by atoms with Crippen molar-refractivity contribution in [1.29, 1.82) is 0 Å². The Morgan fingerprint density at radius 1 is 0.473 bits per heavy atom. The SMILES string of the molecule is CC/C=C\C/C=C\C/C=C\C/C=C\C/C=C\C/C=C\CCCCCCCCCCCCCCCCCCCCCCC(=O)NC(COC1OC(CO)C(O)C(O)C1O)C(O)CCCCCCCCCCCCCC. The number of ether oxygens (including phenoxy) is 2. The van der Waals surface area contributed by atoms with E-state index >= 15 is 0 Å². The molecular weight excluding hydrogens is 923 g/mol. The normalized spacial score (nSPS) is 19.5. The van der Waals surface area contributed by atoms with Gasteiger partial charge in [-0.05, 0) is 64.2 Å². The number of amides is 1. The van der Waals surface area contributed by atoms with Gasteiger partial charge in [-0.3, -0.25) is 4.79 Å². The van der Waals surface area contributed by atoms with E-state index < -0.39 is 49.5 Å². The summed E-state index contributed by atoms with van der Waals surface area (Å²) >= 11 is 0. The zero-order valence-corrected chi connectivity index (χ0v) is 47.8. The Bertz CT molecular complexity index is 1390. The number of hydrogen-bond donors (Lipinski definition) is 6.